The molecule has 0 heterocycles. The smallest absolute Gasteiger partial charge is 0.242 e. The van der Waals surface area contributed by atoms with Crippen LogP contribution in [0.25, 0.3) is 0 Å². The first-order valence-corrected chi connectivity index (χ1v) is 7.84. The third-order valence-electron chi connectivity index (χ3n) is 3.25. The maximum Gasteiger partial charge on any atom is 0.242 e. The number of hydrogen-bond acceptors (Lipinski definition) is 3. The predicted molar refractivity (Wildman–Crippen MR) is 70.4 cm³/mol. The van der Waals surface area contributed by atoms with Crippen molar-refractivity contribution in [3.05, 3.63) is 28.0 Å². The van der Waals surface area contributed by atoms with Gasteiger partial charge in [-0.1, -0.05) is 23.2 Å². The van der Waals surface area contributed by atoms with Gasteiger partial charge in [-0.2, -0.15) is 0 Å². The van der Waals surface area contributed by atoms with E-state index in [1.54, 1.807) is 0 Å². The fourth-order valence-corrected chi connectivity index (χ4v) is 4.15. The van der Waals surface area contributed by atoms with E-state index in [-0.39, 0.29) is 16.5 Å². The van der Waals surface area contributed by atoms with E-state index >= 15 is 0 Å². The number of rotatable bonds is 4. The highest BCUT2D eigenvalue weighted by molar-refractivity contribution is 7.89. The highest BCUT2D eigenvalue weighted by atomic mass is 35.5. The summed E-state index contributed by atoms with van der Waals surface area (Å²) in [7, 11) is -4.00. The fraction of sp³-hybridized carbons (Fsp3) is 0.455. The van der Waals surface area contributed by atoms with Gasteiger partial charge in [0.15, 0.2) is 5.82 Å². The van der Waals surface area contributed by atoms with Gasteiger partial charge in [0.25, 0.3) is 0 Å². The zero-order chi connectivity index (χ0) is 14.3. The summed E-state index contributed by atoms with van der Waals surface area (Å²) in [5.74, 6) is -0.974. The highest BCUT2D eigenvalue weighted by Gasteiger charge is 2.41. The van der Waals surface area contributed by atoms with Gasteiger partial charge in [-0.15, -0.1) is 0 Å². The van der Waals surface area contributed by atoms with Gasteiger partial charge < -0.3 is 5.11 Å². The summed E-state index contributed by atoms with van der Waals surface area (Å²) in [6.45, 7) is -0.306. The molecule has 106 valence electrons. The Labute approximate surface area is 120 Å². The molecule has 2 N–H and O–H groups in total. The lowest BCUT2D eigenvalue weighted by Crippen LogP contribution is -2.56. The Bertz CT molecular complexity index is 597. The lowest BCUT2D eigenvalue weighted by molar-refractivity contribution is 0.110. The first-order chi connectivity index (χ1) is 8.81. The van der Waals surface area contributed by atoms with Gasteiger partial charge in [-0.25, -0.2) is 17.5 Å². The predicted octanol–water partition coefficient (Wildman–Crippen LogP) is 2.33. The number of nitrogens with one attached hydrogen (secondary N) is 1. The van der Waals surface area contributed by atoms with Gasteiger partial charge in [0.2, 0.25) is 10.0 Å². The minimum absolute atomic E-state index is 0.246. The molecule has 0 aromatic heterocycles. The average molecular weight is 328 g/mol. The average Bonchev–Trinajstić information content (AvgIpc) is 2.30. The van der Waals surface area contributed by atoms with Crippen molar-refractivity contribution in [1.82, 2.24) is 4.72 Å². The third-order valence-corrected chi connectivity index (χ3v) is 5.65. The van der Waals surface area contributed by atoms with Crippen LogP contribution in [0.2, 0.25) is 10.0 Å². The van der Waals surface area contributed by atoms with Crippen LogP contribution in [0.4, 0.5) is 4.39 Å². The molecule has 4 nitrogen and oxygen atoms in total. The second-order valence-electron chi connectivity index (χ2n) is 4.57. The standard InChI is InChI=1S/C11H12Cl2FNO3S/c12-7-2-3-8(9(13)10(7)14)19(17,18)15-11(6-16)4-1-5-11/h2-3,15-16H,1,4-6H2. The molecule has 0 bridgehead atoms. The molecule has 0 amide bonds. The largest absolute Gasteiger partial charge is 0.394 e. The van der Waals surface area contributed by atoms with Gasteiger partial charge in [0.1, 0.15) is 4.90 Å². The Hall–Kier alpha value is -0.400. The number of halogens is 3. The summed E-state index contributed by atoms with van der Waals surface area (Å²) >= 11 is 11.2. The molecule has 19 heavy (non-hydrogen) atoms. The molecular weight excluding hydrogens is 316 g/mol. The molecule has 1 aromatic rings. The van der Waals surface area contributed by atoms with Crippen LogP contribution in [-0.2, 0) is 10.0 Å². The summed E-state index contributed by atoms with van der Waals surface area (Å²) in [6, 6.07) is 2.27. The van der Waals surface area contributed by atoms with E-state index in [0.29, 0.717) is 12.8 Å². The molecule has 1 fully saturated rings. The fourth-order valence-electron chi connectivity index (χ4n) is 1.95. The quantitative estimate of drug-likeness (QED) is 0.834. The number of aliphatic hydroxyl groups excluding tert-OH is 1. The van der Waals surface area contributed by atoms with Crippen molar-refractivity contribution in [1.29, 1.82) is 0 Å². The molecule has 0 aliphatic heterocycles. The van der Waals surface area contributed by atoms with E-state index in [1.807, 2.05) is 0 Å². The van der Waals surface area contributed by atoms with Gasteiger partial charge in [0.05, 0.1) is 22.2 Å². The van der Waals surface area contributed by atoms with E-state index in [2.05, 4.69) is 4.72 Å². The third kappa shape index (κ3) is 2.73. The zero-order valence-corrected chi connectivity index (χ0v) is 12.1. The van der Waals surface area contributed by atoms with Crippen LogP contribution in [0.15, 0.2) is 17.0 Å². The summed E-state index contributed by atoms with van der Waals surface area (Å²) in [5, 5.41) is 8.47. The molecular formula is C11H12Cl2FNO3S. The van der Waals surface area contributed by atoms with E-state index in [4.69, 9.17) is 23.2 Å². The molecule has 0 saturated heterocycles. The molecule has 0 spiro atoms. The first-order valence-electron chi connectivity index (χ1n) is 5.60. The molecule has 0 unspecified atom stereocenters. The first kappa shape index (κ1) is 15.0. The van der Waals surface area contributed by atoms with Gasteiger partial charge >= 0.3 is 0 Å². The Balaban J connectivity index is 2.38. The molecule has 0 atom stereocenters. The maximum absolute atomic E-state index is 13.5. The van der Waals surface area contributed by atoms with Gasteiger partial charge in [-0.3, -0.25) is 0 Å². The maximum atomic E-state index is 13.5. The van der Waals surface area contributed by atoms with Crippen LogP contribution < -0.4 is 4.72 Å². The van der Waals surface area contributed by atoms with Crippen molar-refractivity contribution in [2.24, 2.45) is 0 Å². The minimum Gasteiger partial charge on any atom is -0.394 e. The molecule has 0 radical (unpaired) electrons. The summed E-state index contributed by atoms with van der Waals surface area (Å²) in [5.41, 5.74) is -0.863. The van der Waals surface area contributed by atoms with Crippen LogP contribution in [0.3, 0.4) is 0 Å². The second kappa shape index (κ2) is 5.18. The Morgan fingerprint density at radius 1 is 1.37 bits per heavy atom. The van der Waals surface area contributed by atoms with E-state index in [1.165, 1.54) is 0 Å². The van der Waals surface area contributed by atoms with Crippen molar-refractivity contribution >= 4 is 33.2 Å². The van der Waals surface area contributed by atoms with Crippen molar-refractivity contribution in [2.75, 3.05) is 6.61 Å². The molecule has 1 aliphatic carbocycles. The van der Waals surface area contributed by atoms with Crippen LogP contribution in [0.5, 0.6) is 0 Å². The molecule has 1 saturated carbocycles. The van der Waals surface area contributed by atoms with Crippen LogP contribution in [-0.4, -0.2) is 25.7 Å². The van der Waals surface area contributed by atoms with Gasteiger partial charge in [-0.05, 0) is 31.4 Å². The van der Waals surface area contributed by atoms with Gasteiger partial charge in [0, 0.05) is 0 Å². The lowest BCUT2D eigenvalue weighted by Gasteiger charge is -2.40. The van der Waals surface area contributed by atoms with Crippen molar-refractivity contribution < 1.29 is 17.9 Å². The van der Waals surface area contributed by atoms with E-state index in [0.717, 1.165) is 18.6 Å². The Morgan fingerprint density at radius 2 is 2.00 bits per heavy atom. The summed E-state index contributed by atoms with van der Waals surface area (Å²) in [4.78, 5) is -0.379. The zero-order valence-electron chi connectivity index (χ0n) is 9.79. The van der Waals surface area contributed by atoms with E-state index in [9.17, 15) is 17.9 Å². The molecule has 1 aliphatic rings. The number of sulfonamides is 1. The minimum atomic E-state index is -4.00. The monoisotopic (exact) mass is 327 g/mol. The SMILES string of the molecule is O=S(=O)(NC1(CO)CCC1)c1ccc(Cl)c(F)c1Cl. The topological polar surface area (TPSA) is 66.4 Å². The number of benzene rings is 1. The summed E-state index contributed by atoms with van der Waals surface area (Å²) < 4.78 is 40.2. The van der Waals surface area contributed by atoms with Crippen molar-refractivity contribution in [2.45, 2.75) is 29.7 Å². The molecule has 2 rings (SSSR count). The Morgan fingerprint density at radius 3 is 2.47 bits per heavy atom. The molecule has 8 heteroatoms. The molecule has 1 aromatic carbocycles. The van der Waals surface area contributed by atoms with Crippen LogP contribution in [0, 0.1) is 5.82 Å². The number of hydrogen-bond donors (Lipinski definition) is 2. The van der Waals surface area contributed by atoms with E-state index < -0.39 is 26.4 Å². The number of aliphatic hydroxyl groups is 1. The van der Waals surface area contributed by atoms with Crippen molar-refractivity contribution in [3.8, 4) is 0 Å². The lowest BCUT2D eigenvalue weighted by atomic mass is 9.78. The van der Waals surface area contributed by atoms with Crippen LogP contribution in [0.1, 0.15) is 19.3 Å². The Kier molecular flexibility index (Phi) is 4.09. The normalized spacial score (nSPS) is 18.1. The summed E-state index contributed by atoms with van der Waals surface area (Å²) in [6.07, 6.45) is 1.90. The van der Waals surface area contributed by atoms with Crippen LogP contribution >= 0.6 is 23.2 Å². The van der Waals surface area contributed by atoms with Crippen molar-refractivity contribution in [3.63, 3.8) is 0 Å². The highest BCUT2D eigenvalue weighted by Crippen LogP contribution is 2.35. The second-order valence-corrected chi connectivity index (χ2v) is 7.01.